The fourth-order valence-corrected chi connectivity index (χ4v) is 2.29. The molecule has 0 aromatic heterocycles. The molecular formula is C16H15BrO5. The highest BCUT2D eigenvalue weighted by Gasteiger charge is 2.31. The number of Topliss-reactive ketones (excluding diaryl/α,β-unsaturated/α-hetero) is 2. The van der Waals surface area contributed by atoms with E-state index in [2.05, 4.69) is 15.9 Å². The molecule has 22 heavy (non-hydrogen) atoms. The van der Waals surface area contributed by atoms with Crippen LogP contribution in [0.3, 0.4) is 0 Å². The van der Waals surface area contributed by atoms with Crippen molar-refractivity contribution in [1.29, 1.82) is 0 Å². The van der Waals surface area contributed by atoms with E-state index in [-0.39, 0.29) is 29.5 Å². The molecule has 0 radical (unpaired) electrons. The predicted molar refractivity (Wildman–Crippen MR) is 83.1 cm³/mol. The highest BCUT2D eigenvalue weighted by atomic mass is 79.9. The van der Waals surface area contributed by atoms with Gasteiger partial charge >= 0.3 is 5.97 Å². The lowest BCUT2D eigenvalue weighted by molar-refractivity contribution is -0.147. The van der Waals surface area contributed by atoms with Crippen molar-refractivity contribution in [3.05, 3.63) is 46.7 Å². The lowest BCUT2D eigenvalue weighted by Gasteiger charge is -2.18. The molecule has 2 rings (SSSR count). The van der Waals surface area contributed by atoms with E-state index in [1.165, 1.54) is 6.92 Å². The lowest BCUT2D eigenvalue weighted by Crippen LogP contribution is -2.24. The molecule has 0 saturated heterocycles. The summed E-state index contributed by atoms with van der Waals surface area (Å²) in [5.41, 5.74) is 0.856. The Morgan fingerprint density at radius 2 is 1.77 bits per heavy atom. The number of benzene rings is 1. The molecule has 0 spiro atoms. The van der Waals surface area contributed by atoms with E-state index in [1.807, 2.05) is 0 Å². The van der Waals surface area contributed by atoms with Crippen LogP contribution >= 0.6 is 15.9 Å². The fraction of sp³-hybridized carbons (Fsp3) is 0.312. The first-order valence-electron chi connectivity index (χ1n) is 6.80. The molecule has 5 nitrogen and oxygen atoms in total. The van der Waals surface area contributed by atoms with Crippen LogP contribution in [0.4, 0.5) is 0 Å². The molecule has 0 heterocycles. The Bertz CT molecular complexity index is 648. The highest BCUT2D eigenvalue weighted by molar-refractivity contribution is 9.09. The van der Waals surface area contributed by atoms with Crippen molar-refractivity contribution in [2.75, 3.05) is 18.5 Å². The second kappa shape index (κ2) is 7.35. The van der Waals surface area contributed by atoms with E-state index in [0.717, 1.165) is 5.33 Å². The molecule has 6 heteroatoms. The summed E-state index contributed by atoms with van der Waals surface area (Å²) in [5.74, 6) is -1.31. The number of ketones is 2. The normalized spacial score (nSPS) is 13.9. The van der Waals surface area contributed by atoms with Gasteiger partial charge in [-0.2, -0.15) is 0 Å². The van der Waals surface area contributed by atoms with Gasteiger partial charge < -0.3 is 9.47 Å². The Labute approximate surface area is 136 Å². The first-order chi connectivity index (χ1) is 10.6. The van der Waals surface area contributed by atoms with Crippen molar-refractivity contribution in [3.63, 3.8) is 0 Å². The van der Waals surface area contributed by atoms with Crippen LogP contribution in [0.1, 0.15) is 34.1 Å². The van der Waals surface area contributed by atoms with Crippen LogP contribution in [0.5, 0.6) is 0 Å². The van der Waals surface area contributed by atoms with Crippen LogP contribution in [0.15, 0.2) is 35.6 Å². The minimum Gasteiger partial charge on any atom is -0.477 e. The Hall–Kier alpha value is -1.95. The summed E-state index contributed by atoms with van der Waals surface area (Å²) in [7, 11) is 0. The molecular weight excluding hydrogens is 352 g/mol. The van der Waals surface area contributed by atoms with Crippen LogP contribution < -0.4 is 0 Å². The smallest absolute Gasteiger partial charge is 0.344 e. The van der Waals surface area contributed by atoms with Crippen LogP contribution in [-0.2, 0) is 14.3 Å². The first-order valence-corrected chi connectivity index (χ1v) is 7.92. The highest BCUT2D eigenvalue weighted by Crippen LogP contribution is 2.26. The molecule has 1 aromatic rings. The summed E-state index contributed by atoms with van der Waals surface area (Å²) < 4.78 is 10.2. The van der Waals surface area contributed by atoms with Gasteiger partial charge in [0.2, 0.25) is 5.78 Å². The van der Waals surface area contributed by atoms with Gasteiger partial charge in [0, 0.05) is 22.0 Å². The summed E-state index contributed by atoms with van der Waals surface area (Å²) in [4.78, 5) is 36.1. The zero-order valence-corrected chi connectivity index (χ0v) is 13.6. The Balaban J connectivity index is 2.08. The van der Waals surface area contributed by atoms with Gasteiger partial charge in [0.1, 0.15) is 0 Å². The molecule has 1 aliphatic carbocycles. The predicted octanol–water partition coefficient (Wildman–Crippen LogP) is 2.68. The maximum absolute atomic E-state index is 12.4. The van der Waals surface area contributed by atoms with Gasteiger partial charge in [0.05, 0.1) is 6.61 Å². The summed E-state index contributed by atoms with van der Waals surface area (Å²) in [6, 6.07) is 6.55. The maximum Gasteiger partial charge on any atom is 0.344 e. The van der Waals surface area contributed by atoms with Gasteiger partial charge in [-0.15, -0.1) is 0 Å². The lowest BCUT2D eigenvalue weighted by atomic mass is 9.89. The number of ether oxygens (including phenoxy) is 2. The third kappa shape index (κ3) is 3.44. The molecule has 0 saturated carbocycles. The molecule has 1 aliphatic rings. The largest absolute Gasteiger partial charge is 0.477 e. The minimum absolute atomic E-state index is 0.0823. The third-order valence-corrected chi connectivity index (χ3v) is 3.74. The fourth-order valence-electron chi connectivity index (χ4n) is 2.06. The van der Waals surface area contributed by atoms with E-state index in [1.54, 1.807) is 24.3 Å². The van der Waals surface area contributed by atoms with E-state index in [4.69, 9.17) is 9.47 Å². The van der Waals surface area contributed by atoms with Gasteiger partial charge in [0.25, 0.3) is 0 Å². The van der Waals surface area contributed by atoms with Crippen molar-refractivity contribution in [1.82, 2.24) is 0 Å². The molecule has 1 aromatic carbocycles. The molecule has 0 unspecified atom stereocenters. The number of esters is 1. The number of carbonyl (C=O) groups excluding carboxylic acids is 3. The van der Waals surface area contributed by atoms with E-state index in [0.29, 0.717) is 17.5 Å². The van der Waals surface area contributed by atoms with Crippen molar-refractivity contribution in [2.45, 2.75) is 13.3 Å². The number of hydrogen-bond donors (Lipinski definition) is 0. The quantitative estimate of drug-likeness (QED) is 0.439. The van der Waals surface area contributed by atoms with Gasteiger partial charge in [-0.1, -0.05) is 40.2 Å². The van der Waals surface area contributed by atoms with Gasteiger partial charge in [-0.25, -0.2) is 4.79 Å². The monoisotopic (exact) mass is 366 g/mol. The number of halogens is 1. The molecule has 0 fully saturated rings. The molecule has 0 N–H and O–H groups in total. The van der Waals surface area contributed by atoms with E-state index < -0.39 is 12.6 Å². The summed E-state index contributed by atoms with van der Waals surface area (Å²) in [6.07, 6.45) is 0.693. The van der Waals surface area contributed by atoms with Gasteiger partial charge in [0.15, 0.2) is 18.1 Å². The first kappa shape index (κ1) is 16.4. The van der Waals surface area contributed by atoms with Crippen LogP contribution in [-0.4, -0.2) is 36.1 Å². The van der Waals surface area contributed by atoms with E-state index in [9.17, 15) is 14.4 Å². The number of rotatable bonds is 6. The molecule has 0 aliphatic heterocycles. The standard InChI is InChI=1S/C16H15BrO5/c1-10-14(19)11-5-2-3-6-12(11)15(20)16(10)22-9-13(18)21-8-4-7-17/h2-3,5-6H,4,7-9H2,1H3. The summed E-state index contributed by atoms with van der Waals surface area (Å²) >= 11 is 3.23. The van der Waals surface area contributed by atoms with Crippen molar-refractivity contribution in [3.8, 4) is 0 Å². The molecule has 0 bridgehead atoms. The van der Waals surface area contributed by atoms with Gasteiger partial charge in [-0.05, 0) is 13.3 Å². The van der Waals surface area contributed by atoms with Crippen LogP contribution in [0, 0.1) is 0 Å². The second-order valence-electron chi connectivity index (χ2n) is 4.71. The van der Waals surface area contributed by atoms with Crippen molar-refractivity contribution < 1.29 is 23.9 Å². The molecule has 0 amide bonds. The number of alkyl halides is 1. The average molecular weight is 367 g/mol. The molecule has 116 valence electrons. The number of allylic oxidation sites excluding steroid dienone is 2. The van der Waals surface area contributed by atoms with E-state index >= 15 is 0 Å². The van der Waals surface area contributed by atoms with Gasteiger partial charge in [-0.3, -0.25) is 9.59 Å². The Morgan fingerprint density at radius 3 is 2.41 bits per heavy atom. The topological polar surface area (TPSA) is 69.7 Å². The zero-order valence-electron chi connectivity index (χ0n) is 12.1. The van der Waals surface area contributed by atoms with Crippen LogP contribution in [0.25, 0.3) is 0 Å². The number of hydrogen-bond acceptors (Lipinski definition) is 5. The average Bonchev–Trinajstić information content (AvgIpc) is 2.53. The second-order valence-corrected chi connectivity index (χ2v) is 5.50. The molecule has 0 atom stereocenters. The summed E-state index contributed by atoms with van der Waals surface area (Å²) in [6.45, 7) is 1.40. The summed E-state index contributed by atoms with van der Waals surface area (Å²) in [5, 5.41) is 0.731. The van der Waals surface area contributed by atoms with Crippen molar-refractivity contribution in [2.24, 2.45) is 0 Å². The minimum atomic E-state index is -0.569. The number of fused-ring (bicyclic) bond motifs is 1. The van der Waals surface area contributed by atoms with Crippen molar-refractivity contribution >= 4 is 33.5 Å². The Morgan fingerprint density at radius 1 is 1.14 bits per heavy atom. The maximum atomic E-state index is 12.4. The zero-order chi connectivity index (χ0) is 16.1. The SMILES string of the molecule is CC1=C(OCC(=O)OCCCBr)C(=O)c2ccccc2C1=O. The van der Waals surface area contributed by atoms with Crippen LogP contribution in [0.2, 0.25) is 0 Å². The number of carbonyl (C=O) groups is 3. The Kier molecular flexibility index (Phi) is 5.49. The third-order valence-electron chi connectivity index (χ3n) is 3.18.